The highest BCUT2D eigenvalue weighted by atomic mass is 16.7. The van der Waals surface area contributed by atoms with Crippen molar-refractivity contribution in [3.8, 4) is 0 Å². The molecule has 1 amide bonds. The first-order valence-electron chi connectivity index (χ1n) is 29.0. The van der Waals surface area contributed by atoms with Gasteiger partial charge in [-0.2, -0.15) is 0 Å². The summed E-state index contributed by atoms with van der Waals surface area (Å²) in [6.45, 7) is 5.59. The molecule has 0 bridgehead atoms. The van der Waals surface area contributed by atoms with Gasteiger partial charge in [-0.3, -0.25) is 9.59 Å². The molecule has 1 heterocycles. The molecule has 0 aromatic carbocycles. The fraction of sp³-hybridized carbons (Fsp3) is 0.710. The van der Waals surface area contributed by atoms with Crippen LogP contribution in [-0.2, 0) is 23.8 Å². The molecule has 6 N–H and O–H groups in total. The molecule has 0 saturated carbocycles. The number of carbonyl (C=O) groups is 2. The third-order valence-electron chi connectivity index (χ3n) is 13.0. The van der Waals surface area contributed by atoms with E-state index in [9.17, 15) is 35.1 Å². The van der Waals surface area contributed by atoms with Crippen LogP contribution in [0, 0.1) is 0 Å². The topological polar surface area (TPSA) is 175 Å². The van der Waals surface area contributed by atoms with Gasteiger partial charge in [0.25, 0.3) is 0 Å². The van der Waals surface area contributed by atoms with Crippen molar-refractivity contribution in [1.29, 1.82) is 0 Å². The largest absolute Gasteiger partial charge is 0.454 e. The van der Waals surface area contributed by atoms with Gasteiger partial charge < -0.3 is 45.1 Å². The van der Waals surface area contributed by atoms with Gasteiger partial charge in [0, 0.05) is 6.42 Å². The number of rotatable bonds is 47. The average molecular weight is 1020 g/mol. The normalized spacial score (nSPS) is 20.1. The number of unbranched alkanes of at least 4 members (excludes halogenated alkanes) is 19. The first-order valence-corrected chi connectivity index (χ1v) is 29.0. The van der Waals surface area contributed by atoms with Gasteiger partial charge in [-0.15, -0.1) is 0 Å². The zero-order valence-corrected chi connectivity index (χ0v) is 46.0. The minimum Gasteiger partial charge on any atom is -0.454 e. The van der Waals surface area contributed by atoms with Gasteiger partial charge in [0.05, 0.1) is 25.4 Å². The Kier molecular flexibility index (Phi) is 45.8. The third kappa shape index (κ3) is 37.9. The lowest BCUT2D eigenvalue weighted by Gasteiger charge is -2.41. The number of aliphatic hydroxyl groups excluding tert-OH is 5. The van der Waals surface area contributed by atoms with Crippen molar-refractivity contribution in [3.63, 3.8) is 0 Å². The van der Waals surface area contributed by atoms with E-state index in [4.69, 9.17) is 14.2 Å². The van der Waals surface area contributed by atoms with Crippen LogP contribution in [0.5, 0.6) is 0 Å². The van der Waals surface area contributed by atoms with Crippen molar-refractivity contribution in [1.82, 2.24) is 5.32 Å². The van der Waals surface area contributed by atoms with E-state index in [1.54, 1.807) is 6.08 Å². The highest BCUT2D eigenvalue weighted by Gasteiger charge is 2.47. The first-order chi connectivity index (χ1) is 35.7. The van der Waals surface area contributed by atoms with Crippen LogP contribution in [0.4, 0.5) is 0 Å². The summed E-state index contributed by atoms with van der Waals surface area (Å²) in [5.74, 6) is -1.26. The summed E-state index contributed by atoms with van der Waals surface area (Å²) in [5, 5.41) is 56.8. The second-order valence-corrected chi connectivity index (χ2v) is 19.6. The number of esters is 1. The summed E-state index contributed by atoms with van der Waals surface area (Å²) < 4.78 is 17.5. The quantitative estimate of drug-likeness (QED) is 0.0196. The first kappa shape index (κ1) is 67.6. The molecule has 73 heavy (non-hydrogen) atoms. The molecule has 0 aromatic heterocycles. The van der Waals surface area contributed by atoms with E-state index >= 15 is 0 Å². The molecule has 418 valence electrons. The molecule has 8 atom stereocenters. The molecule has 1 aliphatic heterocycles. The fourth-order valence-electron chi connectivity index (χ4n) is 8.35. The van der Waals surface area contributed by atoms with Gasteiger partial charge in [0.1, 0.15) is 24.4 Å². The Morgan fingerprint density at radius 3 is 1.51 bits per heavy atom. The van der Waals surface area contributed by atoms with Gasteiger partial charge in [-0.05, 0) is 103 Å². The van der Waals surface area contributed by atoms with Crippen molar-refractivity contribution >= 4 is 11.9 Å². The Labute approximate surface area is 444 Å². The Bertz CT molecular complexity index is 1550. The van der Waals surface area contributed by atoms with Crippen LogP contribution in [0.3, 0.4) is 0 Å². The van der Waals surface area contributed by atoms with Crippen LogP contribution in [-0.4, -0.2) is 99.6 Å². The fourth-order valence-corrected chi connectivity index (χ4v) is 8.35. The summed E-state index contributed by atoms with van der Waals surface area (Å²) in [4.78, 5) is 26.4. The molecule has 0 spiro atoms. The molecule has 1 fully saturated rings. The number of allylic oxidation sites excluding steroid dienone is 15. The summed E-state index contributed by atoms with van der Waals surface area (Å²) >= 11 is 0. The molecule has 8 unspecified atom stereocenters. The van der Waals surface area contributed by atoms with E-state index in [1.807, 2.05) is 6.08 Å². The maximum atomic E-state index is 13.4. The monoisotopic (exact) mass is 1020 g/mol. The molecule has 1 saturated heterocycles. The van der Waals surface area contributed by atoms with Crippen LogP contribution in [0.25, 0.3) is 0 Å². The van der Waals surface area contributed by atoms with Crippen LogP contribution < -0.4 is 5.32 Å². The van der Waals surface area contributed by atoms with E-state index in [-0.39, 0.29) is 19.4 Å². The number of nitrogens with one attached hydrogen (secondary N) is 1. The Hall–Kier alpha value is -3.42. The number of carbonyl (C=O) groups excluding carboxylic acids is 2. The zero-order valence-electron chi connectivity index (χ0n) is 46.0. The lowest BCUT2D eigenvalue weighted by Crippen LogP contribution is -2.61. The summed E-state index contributed by atoms with van der Waals surface area (Å²) in [6, 6.07) is -1.05. The maximum Gasteiger partial charge on any atom is 0.306 e. The lowest BCUT2D eigenvalue weighted by molar-refractivity contribution is -0.305. The average Bonchev–Trinajstić information content (AvgIpc) is 3.39. The van der Waals surface area contributed by atoms with E-state index in [0.717, 1.165) is 109 Å². The summed E-state index contributed by atoms with van der Waals surface area (Å²) in [5.41, 5.74) is 0. The van der Waals surface area contributed by atoms with E-state index < -0.39 is 67.4 Å². The Morgan fingerprint density at radius 2 is 0.986 bits per heavy atom. The number of ether oxygens (including phenoxy) is 3. The van der Waals surface area contributed by atoms with E-state index in [0.29, 0.717) is 12.8 Å². The second-order valence-electron chi connectivity index (χ2n) is 19.6. The van der Waals surface area contributed by atoms with E-state index in [2.05, 4.69) is 111 Å². The smallest absolute Gasteiger partial charge is 0.306 e. The molecule has 0 aromatic rings. The number of hydrogen-bond donors (Lipinski definition) is 6. The van der Waals surface area contributed by atoms with Crippen molar-refractivity contribution < 1.29 is 49.3 Å². The number of aliphatic hydroxyl groups is 5. The molecule has 11 heteroatoms. The van der Waals surface area contributed by atoms with E-state index in [1.165, 1.54) is 64.2 Å². The van der Waals surface area contributed by atoms with Crippen molar-refractivity contribution in [2.75, 3.05) is 13.2 Å². The minimum absolute atomic E-state index is 0.0886. The third-order valence-corrected chi connectivity index (χ3v) is 13.0. The molecular formula is C62H105NO10. The predicted octanol–water partition coefficient (Wildman–Crippen LogP) is 13.2. The predicted molar refractivity (Wildman–Crippen MR) is 301 cm³/mol. The Morgan fingerprint density at radius 1 is 0.548 bits per heavy atom. The molecule has 0 aliphatic carbocycles. The zero-order chi connectivity index (χ0) is 53.3. The van der Waals surface area contributed by atoms with Crippen LogP contribution >= 0.6 is 0 Å². The molecule has 11 nitrogen and oxygen atoms in total. The van der Waals surface area contributed by atoms with Gasteiger partial charge in [0.2, 0.25) is 5.91 Å². The van der Waals surface area contributed by atoms with Gasteiger partial charge >= 0.3 is 5.97 Å². The van der Waals surface area contributed by atoms with Crippen molar-refractivity contribution in [2.24, 2.45) is 0 Å². The summed E-state index contributed by atoms with van der Waals surface area (Å²) in [7, 11) is 0. The minimum atomic E-state index is -1.63. The van der Waals surface area contributed by atoms with Crippen LogP contribution in [0.15, 0.2) is 97.2 Å². The van der Waals surface area contributed by atoms with Crippen LogP contribution in [0.2, 0.25) is 0 Å². The van der Waals surface area contributed by atoms with Crippen molar-refractivity contribution in [2.45, 2.75) is 269 Å². The van der Waals surface area contributed by atoms with Crippen LogP contribution in [0.1, 0.15) is 220 Å². The van der Waals surface area contributed by atoms with Gasteiger partial charge in [-0.1, -0.05) is 208 Å². The highest BCUT2D eigenvalue weighted by Crippen LogP contribution is 2.26. The van der Waals surface area contributed by atoms with Gasteiger partial charge in [0.15, 0.2) is 12.4 Å². The second kappa shape index (κ2) is 49.5. The molecule has 1 rings (SSSR count). The Balaban J connectivity index is 2.77. The molecule has 1 aliphatic rings. The standard InChI is InChI=1S/C62H105NO10/c1-4-7-10-13-16-19-22-25-27-28-29-30-31-34-37-40-43-46-49-55(66)61(70)63-53(54(65)48-45-42-39-36-33-24-21-18-15-12-9-6-3)52-71-62-60(59(69)58(68)56(51-64)72-62)73-57(67)50-47-44-41-38-35-32-26-23-20-17-14-11-8-5-2/h8,11,16-17,19-20,25-27,29-30,32,34,37,45,48,53-56,58-60,62,64-66,68-69H,4-7,9-10,12-15,18,21-24,28,31,33,35-36,38-44,46-47,49-52H2,1-3H3,(H,63,70)/b11-8+,19-16-,20-17+,27-25-,30-29-,32-26+,37-34-,48-45+. The highest BCUT2D eigenvalue weighted by molar-refractivity contribution is 5.80. The van der Waals surface area contributed by atoms with Gasteiger partial charge in [-0.25, -0.2) is 0 Å². The SMILES string of the molecule is CC/C=C/C/C=C/C/C=C/CCCCCCC(=O)OC1C(OCC(NC(=O)C(O)CCCC/C=C\C/C=C\C/C=C\C/C=C\CCCCC)C(O)/C=C/CCCCCCCCCCCC)OC(CO)C(O)C1O. The van der Waals surface area contributed by atoms with Crippen molar-refractivity contribution in [3.05, 3.63) is 97.2 Å². The molecule has 0 radical (unpaired) electrons. The lowest BCUT2D eigenvalue weighted by atomic mass is 9.99. The maximum absolute atomic E-state index is 13.4. The number of hydrogen-bond acceptors (Lipinski definition) is 10. The molecular weight excluding hydrogens is 919 g/mol. The number of amides is 1. The summed E-state index contributed by atoms with van der Waals surface area (Å²) in [6.07, 6.45) is 54.5.